The number of benzene rings is 2. The molecular formula is C24H29NO4. The summed E-state index contributed by atoms with van der Waals surface area (Å²) in [5.74, 6) is 0.116. The van der Waals surface area contributed by atoms with Crippen LogP contribution >= 0.6 is 0 Å². The van der Waals surface area contributed by atoms with Crippen LogP contribution in [-0.2, 0) is 11.2 Å². The lowest BCUT2D eigenvalue weighted by Crippen LogP contribution is -2.11. The van der Waals surface area contributed by atoms with Crippen LogP contribution in [0.4, 0.5) is 10.5 Å². The van der Waals surface area contributed by atoms with Crippen molar-refractivity contribution in [1.82, 2.24) is 0 Å². The Hall–Kier alpha value is -2.95. The van der Waals surface area contributed by atoms with Crippen LogP contribution in [0.1, 0.15) is 73.9 Å². The molecule has 0 heterocycles. The van der Waals surface area contributed by atoms with Crippen LogP contribution in [0.15, 0.2) is 53.5 Å². The summed E-state index contributed by atoms with van der Waals surface area (Å²) in [4.78, 5) is 27.5. The SMILES string of the molecule is CCCCCc1ccc(C(=Nc2ccc(C(=O)CCCC)cc2)OC(=O)O)cc1. The number of hydrogen-bond donors (Lipinski definition) is 1. The highest BCUT2D eigenvalue weighted by Gasteiger charge is 2.11. The lowest BCUT2D eigenvalue weighted by atomic mass is 10.0. The van der Waals surface area contributed by atoms with Gasteiger partial charge in [-0.1, -0.05) is 45.2 Å². The van der Waals surface area contributed by atoms with E-state index in [1.165, 1.54) is 18.4 Å². The molecule has 29 heavy (non-hydrogen) atoms. The van der Waals surface area contributed by atoms with E-state index in [2.05, 4.69) is 11.9 Å². The van der Waals surface area contributed by atoms with E-state index in [0.29, 0.717) is 23.2 Å². The molecule has 1 N–H and O–H groups in total. The summed E-state index contributed by atoms with van der Waals surface area (Å²) < 4.78 is 4.91. The third-order valence-corrected chi connectivity index (χ3v) is 4.63. The molecule has 0 radical (unpaired) electrons. The van der Waals surface area contributed by atoms with E-state index in [4.69, 9.17) is 9.84 Å². The fourth-order valence-corrected chi connectivity index (χ4v) is 2.94. The normalized spacial score (nSPS) is 11.3. The van der Waals surface area contributed by atoms with E-state index < -0.39 is 6.16 Å². The van der Waals surface area contributed by atoms with Crippen molar-refractivity contribution in [3.05, 3.63) is 65.2 Å². The Kier molecular flexibility index (Phi) is 9.09. The van der Waals surface area contributed by atoms with Crippen LogP contribution in [0.2, 0.25) is 0 Å². The zero-order chi connectivity index (χ0) is 21.1. The highest BCUT2D eigenvalue weighted by molar-refractivity contribution is 6.00. The van der Waals surface area contributed by atoms with Gasteiger partial charge >= 0.3 is 6.16 Å². The van der Waals surface area contributed by atoms with Crippen molar-refractivity contribution < 1.29 is 19.4 Å². The molecule has 0 spiro atoms. The number of Topliss-reactive ketones (excluding diaryl/α,β-unsaturated/α-hetero) is 1. The van der Waals surface area contributed by atoms with Gasteiger partial charge in [-0.05, 0) is 61.2 Å². The minimum atomic E-state index is -1.41. The monoisotopic (exact) mass is 395 g/mol. The summed E-state index contributed by atoms with van der Waals surface area (Å²) in [5, 5.41) is 9.07. The molecular weight excluding hydrogens is 366 g/mol. The minimum absolute atomic E-state index is 0.0164. The Balaban J connectivity index is 2.17. The summed E-state index contributed by atoms with van der Waals surface area (Å²) in [6.45, 7) is 4.22. The Morgan fingerprint density at radius 3 is 2.07 bits per heavy atom. The number of aliphatic imine (C=N–C) groups is 1. The zero-order valence-electron chi connectivity index (χ0n) is 17.2. The number of hydrogen-bond acceptors (Lipinski definition) is 4. The maximum Gasteiger partial charge on any atom is 0.512 e. The smallest absolute Gasteiger partial charge is 0.449 e. The van der Waals surface area contributed by atoms with Gasteiger partial charge in [-0.15, -0.1) is 0 Å². The van der Waals surface area contributed by atoms with Crippen molar-refractivity contribution in [2.24, 2.45) is 4.99 Å². The van der Waals surface area contributed by atoms with Crippen molar-refractivity contribution in [2.75, 3.05) is 0 Å². The maximum absolute atomic E-state index is 12.1. The summed E-state index contributed by atoms with van der Waals surface area (Å²) in [6.07, 6.45) is 5.43. The predicted octanol–water partition coefficient (Wildman–Crippen LogP) is 6.57. The van der Waals surface area contributed by atoms with Gasteiger partial charge in [0, 0.05) is 17.5 Å². The average molecular weight is 395 g/mol. The van der Waals surface area contributed by atoms with Crippen LogP contribution in [-0.4, -0.2) is 22.9 Å². The van der Waals surface area contributed by atoms with Gasteiger partial charge in [0.05, 0.1) is 5.69 Å². The van der Waals surface area contributed by atoms with Crippen molar-refractivity contribution in [1.29, 1.82) is 0 Å². The second-order valence-electron chi connectivity index (χ2n) is 7.01. The van der Waals surface area contributed by atoms with Crippen LogP contribution in [0.25, 0.3) is 0 Å². The number of nitrogens with zero attached hydrogens (tertiary/aromatic N) is 1. The molecule has 2 aromatic carbocycles. The Morgan fingerprint density at radius 2 is 1.48 bits per heavy atom. The molecule has 0 aliphatic heterocycles. The second kappa shape index (κ2) is 11.8. The van der Waals surface area contributed by atoms with Crippen molar-refractivity contribution in [3.63, 3.8) is 0 Å². The number of carboxylic acid groups (broad SMARTS) is 1. The molecule has 5 nitrogen and oxygen atoms in total. The molecule has 0 aliphatic rings. The van der Waals surface area contributed by atoms with Gasteiger partial charge in [0.25, 0.3) is 0 Å². The van der Waals surface area contributed by atoms with E-state index in [1.807, 2.05) is 31.2 Å². The standard InChI is InChI=1S/C24H29NO4/c1-3-5-7-8-18-10-12-20(13-11-18)23(29-24(27)28)25-21-16-14-19(15-17-21)22(26)9-6-4-2/h10-17H,3-9H2,1-2H3,(H,27,28). The molecule has 0 atom stereocenters. The quantitative estimate of drug-likeness (QED) is 0.162. The fraction of sp³-hybridized carbons (Fsp3) is 0.375. The van der Waals surface area contributed by atoms with Gasteiger partial charge in [-0.2, -0.15) is 0 Å². The van der Waals surface area contributed by atoms with Gasteiger partial charge in [0.2, 0.25) is 5.90 Å². The third-order valence-electron chi connectivity index (χ3n) is 4.63. The van der Waals surface area contributed by atoms with Crippen LogP contribution in [0.3, 0.4) is 0 Å². The van der Waals surface area contributed by atoms with Crippen LogP contribution < -0.4 is 0 Å². The molecule has 0 aromatic heterocycles. The lowest BCUT2D eigenvalue weighted by molar-refractivity contribution is 0.0979. The first kappa shape index (κ1) is 22.3. The Labute approximate surface area is 172 Å². The van der Waals surface area contributed by atoms with Crippen molar-refractivity contribution >= 4 is 23.5 Å². The van der Waals surface area contributed by atoms with E-state index >= 15 is 0 Å². The largest absolute Gasteiger partial charge is 0.512 e. The zero-order valence-corrected chi connectivity index (χ0v) is 17.2. The molecule has 2 rings (SSSR count). The molecule has 2 aromatic rings. The van der Waals surface area contributed by atoms with Gasteiger partial charge < -0.3 is 9.84 Å². The molecule has 0 aliphatic carbocycles. The molecule has 5 heteroatoms. The van der Waals surface area contributed by atoms with E-state index in [1.54, 1.807) is 24.3 Å². The van der Waals surface area contributed by atoms with Gasteiger partial charge in [0.1, 0.15) is 0 Å². The number of carbonyl (C=O) groups excluding carboxylic acids is 1. The third kappa shape index (κ3) is 7.53. The second-order valence-corrected chi connectivity index (χ2v) is 7.01. The molecule has 0 amide bonds. The number of aryl methyl sites for hydroxylation is 1. The summed E-state index contributed by atoms with van der Waals surface area (Å²) in [7, 11) is 0. The van der Waals surface area contributed by atoms with E-state index in [0.717, 1.165) is 25.7 Å². The van der Waals surface area contributed by atoms with Gasteiger partial charge in [-0.3, -0.25) is 4.79 Å². The number of ether oxygens (including phenoxy) is 1. The average Bonchev–Trinajstić information content (AvgIpc) is 2.72. The Bertz CT molecular complexity index is 823. The number of unbranched alkanes of at least 4 members (excludes halogenated alkanes) is 3. The first-order valence-corrected chi connectivity index (χ1v) is 10.3. The lowest BCUT2D eigenvalue weighted by Gasteiger charge is -2.07. The highest BCUT2D eigenvalue weighted by atomic mass is 16.7. The van der Waals surface area contributed by atoms with E-state index in [9.17, 15) is 9.59 Å². The topological polar surface area (TPSA) is 76.0 Å². The van der Waals surface area contributed by atoms with Gasteiger partial charge in [-0.25, -0.2) is 9.79 Å². The summed E-state index contributed by atoms with van der Waals surface area (Å²) in [6, 6.07) is 14.4. The van der Waals surface area contributed by atoms with Crippen molar-refractivity contribution in [2.45, 2.75) is 58.8 Å². The number of carbonyl (C=O) groups is 2. The number of ketones is 1. The Morgan fingerprint density at radius 1 is 0.862 bits per heavy atom. The molecule has 0 bridgehead atoms. The van der Waals surface area contributed by atoms with Crippen LogP contribution in [0.5, 0.6) is 0 Å². The maximum atomic E-state index is 12.1. The van der Waals surface area contributed by atoms with Gasteiger partial charge in [0.15, 0.2) is 5.78 Å². The molecule has 0 saturated heterocycles. The molecule has 0 unspecified atom stereocenters. The predicted molar refractivity (Wildman–Crippen MR) is 115 cm³/mol. The van der Waals surface area contributed by atoms with Crippen molar-refractivity contribution in [3.8, 4) is 0 Å². The van der Waals surface area contributed by atoms with E-state index in [-0.39, 0.29) is 11.7 Å². The first-order valence-electron chi connectivity index (χ1n) is 10.3. The number of rotatable bonds is 10. The highest BCUT2D eigenvalue weighted by Crippen LogP contribution is 2.18. The molecule has 154 valence electrons. The summed E-state index contributed by atoms with van der Waals surface area (Å²) in [5.41, 5.74) is 2.96. The molecule has 0 saturated carbocycles. The first-order chi connectivity index (χ1) is 14.0. The van der Waals surface area contributed by atoms with Crippen LogP contribution in [0, 0.1) is 0 Å². The fourth-order valence-electron chi connectivity index (χ4n) is 2.94. The molecule has 0 fully saturated rings. The summed E-state index contributed by atoms with van der Waals surface area (Å²) >= 11 is 0. The minimum Gasteiger partial charge on any atom is -0.449 e.